The summed E-state index contributed by atoms with van der Waals surface area (Å²) in [6.07, 6.45) is 1.49. The van der Waals surface area contributed by atoms with Gasteiger partial charge in [0.15, 0.2) is 0 Å². The molecule has 0 radical (unpaired) electrons. The molecule has 1 aliphatic carbocycles. The molecule has 0 spiro atoms. The number of carbonyl (C=O) groups excluding carboxylic acids is 2. The summed E-state index contributed by atoms with van der Waals surface area (Å²) < 4.78 is 0. The molecule has 4 heteroatoms. The molecule has 0 heterocycles. The van der Waals surface area contributed by atoms with Gasteiger partial charge in [-0.1, -0.05) is 20.8 Å². The average Bonchev–Trinajstić information content (AvgIpc) is 3.08. The standard InChI is InChI=1S/C16H22N2O2/c1-10(2)8-15(19)17-12-4-6-13(7-5-12)18-16(20)14-9-11(14)3/h4-7,10-11,14H,8-9H2,1-3H3,(H,17,19)(H,18,20). The highest BCUT2D eigenvalue weighted by atomic mass is 16.2. The molecular weight excluding hydrogens is 252 g/mol. The van der Waals surface area contributed by atoms with E-state index in [1.165, 1.54) is 0 Å². The van der Waals surface area contributed by atoms with Crippen LogP contribution in [0.4, 0.5) is 11.4 Å². The van der Waals surface area contributed by atoms with Gasteiger partial charge in [0.1, 0.15) is 0 Å². The van der Waals surface area contributed by atoms with Crippen LogP contribution in [0, 0.1) is 17.8 Å². The van der Waals surface area contributed by atoms with Crippen molar-refractivity contribution in [2.75, 3.05) is 10.6 Å². The molecule has 1 fully saturated rings. The van der Waals surface area contributed by atoms with Gasteiger partial charge < -0.3 is 10.6 Å². The lowest BCUT2D eigenvalue weighted by molar-refractivity contribution is -0.118. The number of anilines is 2. The Labute approximate surface area is 119 Å². The average molecular weight is 274 g/mol. The minimum Gasteiger partial charge on any atom is -0.326 e. The van der Waals surface area contributed by atoms with Crippen LogP contribution in [0.25, 0.3) is 0 Å². The molecule has 0 bridgehead atoms. The van der Waals surface area contributed by atoms with Crippen molar-refractivity contribution in [3.05, 3.63) is 24.3 Å². The van der Waals surface area contributed by atoms with Crippen molar-refractivity contribution in [2.45, 2.75) is 33.6 Å². The highest BCUT2D eigenvalue weighted by molar-refractivity contribution is 5.95. The second-order valence-electron chi connectivity index (χ2n) is 6.03. The smallest absolute Gasteiger partial charge is 0.227 e. The number of hydrogen-bond donors (Lipinski definition) is 2. The van der Waals surface area contributed by atoms with Crippen LogP contribution in [-0.2, 0) is 9.59 Å². The molecule has 1 saturated carbocycles. The summed E-state index contributed by atoms with van der Waals surface area (Å²) >= 11 is 0. The molecule has 0 aromatic heterocycles. The first-order valence-electron chi connectivity index (χ1n) is 7.16. The highest BCUT2D eigenvalue weighted by Crippen LogP contribution is 2.38. The van der Waals surface area contributed by atoms with Gasteiger partial charge in [0, 0.05) is 23.7 Å². The molecule has 1 aromatic rings. The van der Waals surface area contributed by atoms with E-state index >= 15 is 0 Å². The first-order chi connectivity index (χ1) is 9.45. The number of hydrogen-bond acceptors (Lipinski definition) is 2. The van der Waals surface area contributed by atoms with E-state index < -0.39 is 0 Å². The quantitative estimate of drug-likeness (QED) is 0.865. The minimum atomic E-state index is 0.0172. The van der Waals surface area contributed by atoms with Crippen LogP contribution >= 0.6 is 0 Å². The maximum atomic E-state index is 11.8. The van der Waals surface area contributed by atoms with Crippen LogP contribution in [0.5, 0.6) is 0 Å². The highest BCUT2D eigenvalue weighted by Gasteiger charge is 2.38. The van der Waals surface area contributed by atoms with Crippen molar-refractivity contribution in [1.82, 2.24) is 0 Å². The van der Waals surface area contributed by atoms with Gasteiger partial charge in [-0.15, -0.1) is 0 Å². The second kappa shape index (κ2) is 6.07. The molecule has 0 saturated heterocycles. The van der Waals surface area contributed by atoms with Gasteiger partial charge in [-0.05, 0) is 42.5 Å². The second-order valence-corrected chi connectivity index (χ2v) is 6.03. The maximum Gasteiger partial charge on any atom is 0.227 e. The molecule has 20 heavy (non-hydrogen) atoms. The van der Waals surface area contributed by atoms with Gasteiger partial charge in [0.05, 0.1) is 0 Å². The Hall–Kier alpha value is -1.84. The first-order valence-corrected chi connectivity index (χ1v) is 7.16. The number of carbonyl (C=O) groups is 2. The van der Waals surface area contributed by atoms with Crippen LogP contribution in [0.3, 0.4) is 0 Å². The molecule has 1 aliphatic rings. The molecule has 108 valence electrons. The Bertz CT molecular complexity index is 494. The van der Waals surface area contributed by atoms with E-state index in [1.807, 2.05) is 38.1 Å². The van der Waals surface area contributed by atoms with E-state index in [-0.39, 0.29) is 17.7 Å². The Kier molecular flexibility index (Phi) is 4.42. The SMILES string of the molecule is CC(C)CC(=O)Nc1ccc(NC(=O)C2CC2C)cc1. The molecule has 2 atom stereocenters. The molecule has 2 amide bonds. The molecule has 0 aliphatic heterocycles. The normalized spacial score (nSPS) is 20.6. The lowest BCUT2D eigenvalue weighted by Gasteiger charge is -2.09. The number of amides is 2. The van der Waals surface area contributed by atoms with Gasteiger partial charge in [-0.25, -0.2) is 0 Å². The summed E-state index contributed by atoms with van der Waals surface area (Å²) in [6, 6.07) is 7.25. The lowest BCUT2D eigenvalue weighted by Crippen LogP contribution is -2.15. The van der Waals surface area contributed by atoms with Crippen LogP contribution in [0.2, 0.25) is 0 Å². The third-order valence-corrected chi connectivity index (χ3v) is 3.48. The summed E-state index contributed by atoms with van der Waals surface area (Å²) in [6.45, 7) is 6.10. The number of benzene rings is 1. The van der Waals surface area contributed by atoms with Crippen molar-refractivity contribution >= 4 is 23.2 Å². The number of nitrogens with one attached hydrogen (secondary N) is 2. The van der Waals surface area contributed by atoms with E-state index in [4.69, 9.17) is 0 Å². The van der Waals surface area contributed by atoms with Crippen molar-refractivity contribution < 1.29 is 9.59 Å². The molecular formula is C16H22N2O2. The third-order valence-electron chi connectivity index (χ3n) is 3.48. The van der Waals surface area contributed by atoms with Crippen LogP contribution < -0.4 is 10.6 Å². The van der Waals surface area contributed by atoms with E-state index in [0.29, 0.717) is 18.3 Å². The molecule has 2 N–H and O–H groups in total. The van der Waals surface area contributed by atoms with E-state index in [9.17, 15) is 9.59 Å². The Morgan fingerprint density at radius 1 is 1.15 bits per heavy atom. The number of rotatable bonds is 5. The molecule has 1 aromatic carbocycles. The summed E-state index contributed by atoms with van der Waals surface area (Å²) in [5, 5.41) is 5.74. The van der Waals surface area contributed by atoms with E-state index in [1.54, 1.807) is 0 Å². The van der Waals surface area contributed by atoms with Gasteiger partial charge >= 0.3 is 0 Å². The van der Waals surface area contributed by atoms with Crippen molar-refractivity contribution in [1.29, 1.82) is 0 Å². The Morgan fingerprint density at radius 2 is 1.65 bits per heavy atom. The van der Waals surface area contributed by atoms with Gasteiger partial charge in [0.2, 0.25) is 11.8 Å². The van der Waals surface area contributed by atoms with E-state index in [0.717, 1.165) is 17.8 Å². The fraction of sp³-hybridized carbons (Fsp3) is 0.500. The van der Waals surface area contributed by atoms with Crippen LogP contribution in [0.15, 0.2) is 24.3 Å². The van der Waals surface area contributed by atoms with Gasteiger partial charge in [-0.3, -0.25) is 9.59 Å². The zero-order chi connectivity index (χ0) is 14.7. The Balaban J connectivity index is 1.86. The molecule has 2 unspecified atom stereocenters. The van der Waals surface area contributed by atoms with Crippen molar-refractivity contribution in [3.8, 4) is 0 Å². The van der Waals surface area contributed by atoms with Crippen molar-refractivity contribution in [3.63, 3.8) is 0 Å². The molecule has 2 rings (SSSR count). The fourth-order valence-corrected chi connectivity index (χ4v) is 2.14. The predicted molar refractivity (Wildman–Crippen MR) is 80.4 cm³/mol. The monoisotopic (exact) mass is 274 g/mol. The van der Waals surface area contributed by atoms with Gasteiger partial charge in [-0.2, -0.15) is 0 Å². The van der Waals surface area contributed by atoms with Crippen LogP contribution in [0.1, 0.15) is 33.6 Å². The Morgan fingerprint density at radius 3 is 2.10 bits per heavy atom. The topological polar surface area (TPSA) is 58.2 Å². The summed E-state index contributed by atoms with van der Waals surface area (Å²) in [5.74, 6) is 1.12. The maximum absolute atomic E-state index is 11.8. The fourth-order valence-electron chi connectivity index (χ4n) is 2.14. The summed E-state index contributed by atoms with van der Waals surface area (Å²) in [7, 11) is 0. The van der Waals surface area contributed by atoms with Crippen LogP contribution in [-0.4, -0.2) is 11.8 Å². The van der Waals surface area contributed by atoms with Gasteiger partial charge in [0.25, 0.3) is 0 Å². The zero-order valence-corrected chi connectivity index (χ0v) is 12.3. The summed E-state index contributed by atoms with van der Waals surface area (Å²) in [5.41, 5.74) is 1.53. The third kappa shape index (κ3) is 4.08. The summed E-state index contributed by atoms with van der Waals surface area (Å²) in [4.78, 5) is 23.4. The lowest BCUT2D eigenvalue weighted by atomic mass is 10.1. The minimum absolute atomic E-state index is 0.0172. The van der Waals surface area contributed by atoms with E-state index in [2.05, 4.69) is 17.6 Å². The zero-order valence-electron chi connectivity index (χ0n) is 12.3. The molecule has 4 nitrogen and oxygen atoms in total. The predicted octanol–water partition coefficient (Wildman–Crippen LogP) is 3.27. The van der Waals surface area contributed by atoms with Crippen molar-refractivity contribution in [2.24, 2.45) is 17.8 Å². The largest absolute Gasteiger partial charge is 0.326 e. The first kappa shape index (κ1) is 14.6.